The van der Waals surface area contributed by atoms with Crippen molar-refractivity contribution in [3.63, 3.8) is 0 Å². The Morgan fingerprint density at radius 1 is 1.39 bits per heavy atom. The van der Waals surface area contributed by atoms with Gasteiger partial charge in [-0.25, -0.2) is 0 Å². The second-order valence-electron chi connectivity index (χ2n) is 5.39. The normalized spacial score (nSPS) is 25.6. The molecule has 1 aromatic rings. The monoisotopic (exact) mass is 251 g/mol. The van der Waals surface area contributed by atoms with Crippen molar-refractivity contribution in [3.8, 4) is 0 Å². The zero-order chi connectivity index (χ0) is 13.1. The molecule has 0 amide bonds. The van der Waals surface area contributed by atoms with E-state index in [4.69, 9.17) is 0 Å². The van der Waals surface area contributed by atoms with Gasteiger partial charge in [-0.2, -0.15) is 0 Å². The molecule has 0 radical (unpaired) electrons. The Morgan fingerprint density at radius 2 is 2.17 bits per heavy atom. The van der Waals surface area contributed by atoms with Gasteiger partial charge < -0.3 is 9.88 Å². The SMILES string of the molecule is CCNC1CCN(Cc2nnc(C)n2C)CC1C. The van der Waals surface area contributed by atoms with Gasteiger partial charge >= 0.3 is 0 Å². The Balaban J connectivity index is 1.91. The molecule has 1 aliphatic heterocycles. The Morgan fingerprint density at radius 3 is 2.72 bits per heavy atom. The minimum atomic E-state index is 0.674. The molecule has 1 aromatic heterocycles. The van der Waals surface area contributed by atoms with Crippen molar-refractivity contribution in [2.24, 2.45) is 13.0 Å². The van der Waals surface area contributed by atoms with E-state index in [1.807, 2.05) is 14.0 Å². The van der Waals surface area contributed by atoms with E-state index in [0.29, 0.717) is 12.0 Å². The number of nitrogens with one attached hydrogen (secondary N) is 1. The van der Waals surface area contributed by atoms with E-state index in [-0.39, 0.29) is 0 Å². The topological polar surface area (TPSA) is 46.0 Å². The first-order valence-electron chi connectivity index (χ1n) is 6.92. The number of hydrogen-bond acceptors (Lipinski definition) is 4. The summed E-state index contributed by atoms with van der Waals surface area (Å²) in [4.78, 5) is 2.49. The second kappa shape index (κ2) is 5.80. The molecule has 2 unspecified atom stereocenters. The molecule has 0 aromatic carbocycles. The molecule has 1 saturated heterocycles. The fraction of sp³-hybridized carbons (Fsp3) is 0.846. The van der Waals surface area contributed by atoms with Gasteiger partial charge in [-0.05, 0) is 25.8 Å². The number of nitrogens with zero attached hydrogens (tertiary/aromatic N) is 4. The first kappa shape index (κ1) is 13.5. The minimum Gasteiger partial charge on any atom is -0.317 e. The first-order chi connectivity index (χ1) is 8.61. The predicted molar refractivity (Wildman–Crippen MR) is 72.3 cm³/mol. The third kappa shape index (κ3) is 2.90. The Hall–Kier alpha value is -0.940. The predicted octanol–water partition coefficient (Wildman–Crippen LogP) is 0.943. The summed E-state index contributed by atoms with van der Waals surface area (Å²) in [6.45, 7) is 10.8. The van der Waals surface area contributed by atoms with Crippen LogP contribution in [0.5, 0.6) is 0 Å². The summed E-state index contributed by atoms with van der Waals surface area (Å²) in [6.07, 6.45) is 1.23. The number of likely N-dealkylation sites (tertiary alicyclic amines) is 1. The van der Waals surface area contributed by atoms with Gasteiger partial charge in [0.15, 0.2) is 0 Å². The van der Waals surface area contributed by atoms with Gasteiger partial charge in [0, 0.05) is 26.2 Å². The molecule has 18 heavy (non-hydrogen) atoms. The number of piperidine rings is 1. The van der Waals surface area contributed by atoms with Crippen LogP contribution in [0.1, 0.15) is 31.9 Å². The molecule has 2 rings (SSSR count). The van der Waals surface area contributed by atoms with Gasteiger partial charge in [0.05, 0.1) is 6.54 Å². The molecule has 1 N–H and O–H groups in total. The van der Waals surface area contributed by atoms with Crippen LogP contribution in [0.4, 0.5) is 0 Å². The summed E-state index contributed by atoms with van der Waals surface area (Å²) in [5, 5.41) is 11.9. The fourth-order valence-electron chi connectivity index (χ4n) is 2.73. The molecule has 2 heterocycles. The average Bonchev–Trinajstić information content (AvgIpc) is 2.65. The van der Waals surface area contributed by atoms with Crippen LogP contribution < -0.4 is 5.32 Å². The Kier molecular flexibility index (Phi) is 4.35. The highest BCUT2D eigenvalue weighted by molar-refractivity contribution is 4.94. The summed E-state index contributed by atoms with van der Waals surface area (Å²) >= 11 is 0. The van der Waals surface area contributed by atoms with Crippen molar-refractivity contribution < 1.29 is 0 Å². The van der Waals surface area contributed by atoms with Crippen molar-refractivity contribution >= 4 is 0 Å². The highest BCUT2D eigenvalue weighted by atomic mass is 15.3. The van der Waals surface area contributed by atoms with Crippen LogP contribution >= 0.6 is 0 Å². The zero-order valence-electron chi connectivity index (χ0n) is 12.0. The van der Waals surface area contributed by atoms with Gasteiger partial charge in [-0.15, -0.1) is 10.2 Å². The Bertz CT molecular complexity index is 387. The van der Waals surface area contributed by atoms with Crippen LogP contribution in [-0.2, 0) is 13.6 Å². The number of aryl methyl sites for hydroxylation is 1. The van der Waals surface area contributed by atoms with E-state index in [9.17, 15) is 0 Å². The maximum atomic E-state index is 4.25. The second-order valence-corrected chi connectivity index (χ2v) is 5.39. The number of rotatable bonds is 4. The largest absolute Gasteiger partial charge is 0.317 e. The van der Waals surface area contributed by atoms with Gasteiger partial charge in [0.1, 0.15) is 11.6 Å². The van der Waals surface area contributed by atoms with Crippen molar-refractivity contribution in [2.45, 2.75) is 39.8 Å². The van der Waals surface area contributed by atoms with E-state index in [1.165, 1.54) is 6.42 Å². The average molecular weight is 251 g/mol. The van der Waals surface area contributed by atoms with E-state index in [1.54, 1.807) is 0 Å². The molecule has 1 aliphatic rings. The van der Waals surface area contributed by atoms with Gasteiger partial charge in [-0.3, -0.25) is 4.90 Å². The van der Waals surface area contributed by atoms with Crippen molar-refractivity contribution in [3.05, 3.63) is 11.6 Å². The zero-order valence-corrected chi connectivity index (χ0v) is 12.0. The molecular formula is C13H25N5. The first-order valence-corrected chi connectivity index (χ1v) is 6.92. The maximum Gasteiger partial charge on any atom is 0.146 e. The van der Waals surface area contributed by atoms with Crippen LogP contribution in [0, 0.1) is 12.8 Å². The molecule has 5 nitrogen and oxygen atoms in total. The highest BCUT2D eigenvalue weighted by Crippen LogP contribution is 2.18. The molecule has 0 bridgehead atoms. The number of hydrogen-bond donors (Lipinski definition) is 1. The lowest BCUT2D eigenvalue weighted by atomic mass is 9.94. The molecule has 0 spiro atoms. The lowest BCUT2D eigenvalue weighted by Crippen LogP contribution is -2.48. The summed E-state index contributed by atoms with van der Waals surface area (Å²) < 4.78 is 2.08. The summed E-state index contributed by atoms with van der Waals surface area (Å²) in [6, 6.07) is 0.674. The minimum absolute atomic E-state index is 0.674. The van der Waals surface area contributed by atoms with Crippen molar-refractivity contribution in [1.82, 2.24) is 25.0 Å². The van der Waals surface area contributed by atoms with Crippen LogP contribution in [0.15, 0.2) is 0 Å². The highest BCUT2D eigenvalue weighted by Gasteiger charge is 2.26. The lowest BCUT2D eigenvalue weighted by molar-refractivity contribution is 0.138. The smallest absolute Gasteiger partial charge is 0.146 e. The van der Waals surface area contributed by atoms with E-state index in [2.05, 4.69) is 38.8 Å². The third-order valence-corrected chi connectivity index (χ3v) is 4.00. The molecule has 0 aliphatic carbocycles. The maximum absolute atomic E-state index is 4.25. The van der Waals surface area contributed by atoms with Gasteiger partial charge in [0.25, 0.3) is 0 Å². The summed E-state index contributed by atoms with van der Waals surface area (Å²) in [7, 11) is 2.04. The quantitative estimate of drug-likeness (QED) is 0.865. The molecule has 0 saturated carbocycles. The molecular weight excluding hydrogens is 226 g/mol. The lowest BCUT2D eigenvalue weighted by Gasteiger charge is -2.37. The fourth-order valence-corrected chi connectivity index (χ4v) is 2.73. The van der Waals surface area contributed by atoms with E-state index < -0.39 is 0 Å². The number of aromatic nitrogens is 3. The molecule has 1 fully saturated rings. The van der Waals surface area contributed by atoms with Gasteiger partial charge in [0.2, 0.25) is 0 Å². The van der Waals surface area contributed by atoms with Crippen molar-refractivity contribution in [1.29, 1.82) is 0 Å². The standard InChI is InChI=1S/C13H25N5/c1-5-14-12-6-7-18(8-10(12)2)9-13-16-15-11(3)17(13)4/h10,12,14H,5-9H2,1-4H3. The van der Waals surface area contributed by atoms with Crippen LogP contribution in [0.2, 0.25) is 0 Å². The van der Waals surface area contributed by atoms with Crippen LogP contribution in [0.25, 0.3) is 0 Å². The molecule has 5 heteroatoms. The summed E-state index contributed by atoms with van der Waals surface area (Å²) in [5.41, 5.74) is 0. The van der Waals surface area contributed by atoms with Gasteiger partial charge in [-0.1, -0.05) is 13.8 Å². The Labute approximate surface area is 110 Å². The summed E-state index contributed by atoms with van der Waals surface area (Å²) in [5.74, 6) is 2.76. The van der Waals surface area contributed by atoms with Crippen LogP contribution in [0.3, 0.4) is 0 Å². The van der Waals surface area contributed by atoms with Crippen molar-refractivity contribution in [2.75, 3.05) is 19.6 Å². The molecule has 102 valence electrons. The molecule has 2 atom stereocenters. The van der Waals surface area contributed by atoms with E-state index in [0.717, 1.165) is 37.8 Å². The van der Waals surface area contributed by atoms with Crippen LogP contribution in [-0.4, -0.2) is 45.3 Å². The third-order valence-electron chi connectivity index (χ3n) is 4.00. The van der Waals surface area contributed by atoms with E-state index >= 15 is 0 Å².